The van der Waals surface area contributed by atoms with Crippen molar-refractivity contribution in [3.63, 3.8) is 0 Å². The summed E-state index contributed by atoms with van der Waals surface area (Å²) >= 11 is 6.16. The molecule has 1 aromatic carbocycles. The van der Waals surface area contributed by atoms with Crippen molar-refractivity contribution in [2.45, 2.75) is 51.0 Å². The maximum Gasteiger partial charge on any atom is 0.350 e. The van der Waals surface area contributed by atoms with E-state index < -0.39 is 35.8 Å². The number of amides is 2. The van der Waals surface area contributed by atoms with Crippen molar-refractivity contribution in [1.82, 2.24) is 24.4 Å². The topological polar surface area (TPSA) is 150 Å². The van der Waals surface area contributed by atoms with E-state index in [0.29, 0.717) is 47.7 Å². The van der Waals surface area contributed by atoms with Gasteiger partial charge in [0, 0.05) is 45.7 Å². The van der Waals surface area contributed by atoms with Gasteiger partial charge < -0.3 is 29.2 Å². The number of carbonyl (C=O) groups is 3. The number of esters is 2. The van der Waals surface area contributed by atoms with Gasteiger partial charge in [-0.05, 0) is 49.6 Å². The molecular formula is C32H38ClN7O7. The van der Waals surface area contributed by atoms with Gasteiger partial charge in [-0.25, -0.2) is 19.4 Å². The number of benzene rings is 1. The van der Waals surface area contributed by atoms with Gasteiger partial charge in [-0.3, -0.25) is 9.47 Å². The molecule has 250 valence electrons. The fourth-order valence-electron chi connectivity index (χ4n) is 5.81. The smallest absolute Gasteiger partial charge is 0.350 e. The van der Waals surface area contributed by atoms with Crippen LogP contribution in [0.3, 0.4) is 0 Å². The maximum atomic E-state index is 13.6. The molecule has 2 fully saturated rings. The van der Waals surface area contributed by atoms with E-state index in [9.17, 15) is 14.4 Å². The number of ether oxygens (including phenoxy) is 4. The summed E-state index contributed by atoms with van der Waals surface area (Å²) in [5, 5.41) is 2.99. The van der Waals surface area contributed by atoms with Crippen LogP contribution < -0.4 is 10.2 Å². The Labute approximate surface area is 277 Å². The van der Waals surface area contributed by atoms with Crippen LogP contribution in [0.2, 0.25) is 5.28 Å². The number of halogens is 1. The summed E-state index contributed by atoms with van der Waals surface area (Å²) < 4.78 is 25.0. The Morgan fingerprint density at radius 2 is 1.85 bits per heavy atom. The summed E-state index contributed by atoms with van der Waals surface area (Å²) in [4.78, 5) is 56.1. The number of urea groups is 1. The molecule has 2 aromatic heterocycles. The Kier molecular flexibility index (Phi) is 10.5. The number of rotatable bonds is 12. The number of aromatic nitrogens is 4. The maximum absolute atomic E-state index is 13.6. The molecule has 5 rings (SSSR count). The van der Waals surface area contributed by atoms with E-state index in [2.05, 4.69) is 26.2 Å². The highest BCUT2D eigenvalue weighted by Crippen LogP contribution is 2.37. The predicted octanol–water partition coefficient (Wildman–Crippen LogP) is 3.44. The largest absolute Gasteiger partial charge is 0.463 e. The first-order valence-corrected chi connectivity index (χ1v) is 15.8. The fraction of sp³-hybridized carbons (Fsp3) is 0.500. The lowest BCUT2D eigenvalue weighted by molar-refractivity contribution is -0.195. The lowest BCUT2D eigenvalue weighted by Crippen LogP contribution is -2.54. The number of anilines is 2. The van der Waals surface area contributed by atoms with E-state index >= 15 is 0 Å². The molecule has 2 amide bonds. The summed E-state index contributed by atoms with van der Waals surface area (Å²) in [7, 11) is 3.46. The van der Waals surface area contributed by atoms with Crippen molar-refractivity contribution in [2.75, 3.05) is 57.2 Å². The third-order valence-electron chi connectivity index (χ3n) is 8.23. The lowest BCUT2D eigenvalue weighted by Gasteiger charge is -2.33. The third kappa shape index (κ3) is 6.83. The molecule has 0 saturated carbocycles. The summed E-state index contributed by atoms with van der Waals surface area (Å²) in [6, 6.07) is 6.95. The van der Waals surface area contributed by atoms with Gasteiger partial charge in [0.1, 0.15) is 6.23 Å². The normalized spacial score (nSPS) is 19.9. The number of hydrogen-bond acceptors (Lipinski definition) is 11. The van der Waals surface area contributed by atoms with E-state index in [-0.39, 0.29) is 37.6 Å². The monoisotopic (exact) mass is 667 g/mol. The quantitative estimate of drug-likeness (QED) is 0.131. The van der Waals surface area contributed by atoms with Crippen molar-refractivity contribution in [3.8, 4) is 12.3 Å². The van der Waals surface area contributed by atoms with Crippen molar-refractivity contribution >= 4 is 52.2 Å². The minimum absolute atomic E-state index is 0.00852. The van der Waals surface area contributed by atoms with Crippen LogP contribution in [0.5, 0.6) is 0 Å². The molecule has 4 heterocycles. The van der Waals surface area contributed by atoms with Crippen LogP contribution in [0, 0.1) is 18.3 Å². The van der Waals surface area contributed by atoms with Gasteiger partial charge in [0.2, 0.25) is 5.28 Å². The van der Waals surface area contributed by atoms with Gasteiger partial charge in [-0.2, -0.15) is 9.97 Å². The standard InChI is InChI=1S/C32H38ClN7O7/c1-6-21-16-24(40-19-35-25-26(34-4)36-30(33)37-27(25)40)47-23(21)18-46-32(28(41)44-7-2,29(42)45-8-3)17-20-10-12-22(13-11-20)39-15-9-14-38(5)31(39)43/h1,10-13,19,21,23-24H,7-9,14-18H2,2-5H3,(H,34,36,37). The zero-order valence-corrected chi connectivity index (χ0v) is 27.5. The molecule has 0 radical (unpaired) electrons. The van der Waals surface area contributed by atoms with Gasteiger partial charge in [0.05, 0.1) is 38.2 Å². The molecule has 0 aliphatic carbocycles. The fourth-order valence-corrected chi connectivity index (χ4v) is 5.97. The first-order chi connectivity index (χ1) is 22.6. The first kappa shape index (κ1) is 33.9. The first-order valence-electron chi connectivity index (χ1n) is 15.4. The average Bonchev–Trinajstić information content (AvgIpc) is 3.68. The molecule has 0 spiro atoms. The van der Waals surface area contributed by atoms with Crippen LogP contribution in [-0.4, -0.2) is 101 Å². The summed E-state index contributed by atoms with van der Waals surface area (Å²) in [5.41, 5.74) is 0.0913. The van der Waals surface area contributed by atoms with Crippen molar-refractivity contribution in [2.24, 2.45) is 5.92 Å². The predicted molar refractivity (Wildman–Crippen MR) is 173 cm³/mol. The van der Waals surface area contributed by atoms with Gasteiger partial charge in [-0.1, -0.05) is 12.1 Å². The number of fused-ring (bicyclic) bond motifs is 1. The Bertz CT molecular complexity index is 1640. The second kappa shape index (κ2) is 14.5. The van der Waals surface area contributed by atoms with E-state index in [1.54, 1.807) is 72.9 Å². The molecule has 15 heteroatoms. The highest BCUT2D eigenvalue weighted by atomic mass is 35.5. The number of hydrogen-bond donors (Lipinski definition) is 1. The Morgan fingerprint density at radius 3 is 2.49 bits per heavy atom. The Hall–Kier alpha value is -4.45. The van der Waals surface area contributed by atoms with Crippen LogP contribution in [0.4, 0.5) is 16.3 Å². The molecule has 2 saturated heterocycles. The van der Waals surface area contributed by atoms with E-state index in [1.165, 1.54) is 0 Å². The lowest BCUT2D eigenvalue weighted by atomic mass is 9.93. The number of imidazole rings is 1. The second-order valence-electron chi connectivity index (χ2n) is 11.2. The SMILES string of the molecule is C#CC1CC(n2cnc3c(NC)nc(Cl)nc32)OC1COC(Cc1ccc(N2CCCN(C)C2=O)cc1)(C(=O)OCC)C(=O)OCC. The highest BCUT2D eigenvalue weighted by Gasteiger charge is 2.52. The van der Waals surface area contributed by atoms with Crippen LogP contribution in [0.1, 0.15) is 38.5 Å². The number of terminal acetylenes is 1. The molecule has 2 aliphatic rings. The zero-order chi connectivity index (χ0) is 33.7. The van der Waals surface area contributed by atoms with Gasteiger partial charge in [0.15, 0.2) is 17.0 Å². The number of nitrogens with one attached hydrogen (secondary N) is 1. The minimum atomic E-state index is -2.15. The molecule has 3 atom stereocenters. The molecule has 14 nitrogen and oxygen atoms in total. The van der Waals surface area contributed by atoms with Crippen LogP contribution in [-0.2, 0) is 35.0 Å². The Balaban J connectivity index is 1.40. The summed E-state index contributed by atoms with van der Waals surface area (Å²) in [6.45, 7) is 4.35. The molecular weight excluding hydrogens is 630 g/mol. The van der Waals surface area contributed by atoms with Gasteiger partial charge in [0.25, 0.3) is 5.60 Å². The highest BCUT2D eigenvalue weighted by molar-refractivity contribution is 6.28. The molecule has 1 N–H and O–H groups in total. The summed E-state index contributed by atoms with van der Waals surface area (Å²) in [5.74, 6) is 0.975. The zero-order valence-electron chi connectivity index (χ0n) is 26.8. The summed E-state index contributed by atoms with van der Waals surface area (Å²) in [6.07, 6.45) is 7.21. The third-order valence-corrected chi connectivity index (χ3v) is 8.40. The van der Waals surface area contributed by atoms with Gasteiger partial charge >= 0.3 is 18.0 Å². The molecule has 0 bridgehead atoms. The Morgan fingerprint density at radius 1 is 1.15 bits per heavy atom. The van der Waals surface area contributed by atoms with Crippen molar-refractivity contribution in [1.29, 1.82) is 0 Å². The van der Waals surface area contributed by atoms with Crippen molar-refractivity contribution < 1.29 is 33.3 Å². The van der Waals surface area contributed by atoms with Crippen LogP contribution in [0.25, 0.3) is 11.2 Å². The molecule has 3 unspecified atom stereocenters. The molecule has 2 aliphatic heterocycles. The van der Waals surface area contributed by atoms with E-state index in [1.807, 2.05) is 0 Å². The molecule has 3 aromatic rings. The molecule has 47 heavy (non-hydrogen) atoms. The van der Waals surface area contributed by atoms with Gasteiger partial charge in [-0.15, -0.1) is 12.3 Å². The van der Waals surface area contributed by atoms with Crippen LogP contribution >= 0.6 is 11.6 Å². The van der Waals surface area contributed by atoms with Crippen molar-refractivity contribution in [3.05, 3.63) is 41.4 Å². The number of nitrogens with zero attached hydrogens (tertiary/aromatic N) is 6. The van der Waals surface area contributed by atoms with Crippen LogP contribution in [0.15, 0.2) is 30.6 Å². The van der Waals surface area contributed by atoms with E-state index in [0.717, 1.165) is 6.42 Å². The second-order valence-corrected chi connectivity index (χ2v) is 11.5. The number of carbonyl (C=O) groups excluding carboxylic acids is 3. The minimum Gasteiger partial charge on any atom is -0.463 e. The average molecular weight is 668 g/mol. The van der Waals surface area contributed by atoms with E-state index in [4.69, 9.17) is 37.0 Å².